The summed E-state index contributed by atoms with van der Waals surface area (Å²) in [6.07, 6.45) is 6.69. The molecule has 0 aromatic heterocycles. The summed E-state index contributed by atoms with van der Waals surface area (Å²) >= 11 is 0. The fourth-order valence-electron chi connectivity index (χ4n) is 3.25. The Bertz CT molecular complexity index is 359. The second kappa shape index (κ2) is 5.75. The van der Waals surface area contributed by atoms with Gasteiger partial charge in [0.25, 0.3) is 0 Å². The van der Waals surface area contributed by atoms with Crippen molar-refractivity contribution in [2.24, 2.45) is 5.92 Å². The largest absolute Gasteiger partial charge is 0.372 e. The predicted molar refractivity (Wildman–Crippen MR) is 77.2 cm³/mol. The van der Waals surface area contributed by atoms with E-state index in [1.54, 1.807) is 0 Å². The summed E-state index contributed by atoms with van der Waals surface area (Å²) in [5.41, 5.74) is 2.92. The Balaban J connectivity index is 1.59. The van der Waals surface area contributed by atoms with Gasteiger partial charge in [0.2, 0.25) is 0 Å². The van der Waals surface area contributed by atoms with Crippen molar-refractivity contribution in [3.8, 4) is 0 Å². The van der Waals surface area contributed by atoms with E-state index in [0.29, 0.717) is 0 Å². The molecule has 2 saturated heterocycles. The predicted octanol–water partition coefficient (Wildman–Crippen LogP) is 2.83. The van der Waals surface area contributed by atoms with Crippen LogP contribution in [0.1, 0.15) is 31.2 Å². The molecule has 0 saturated carbocycles. The topological polar surface area (TPSA) is 15.3 Å². The van der Waals surface area contributed by atoms with Gasteiger partial charge in [-0.2, -0.15) is 0 Å². The second-order valence-electron chi connectivity index (χ2n) is 5.78. The number of benzene rings is 1. The monoisotopic (exact) mass is 244 g/mol. The van der Waals surface area contributed by atoms with E-state index in [4.69, 9.17) is 0 Å². The van der Waals surface area contributed by atoms with Gasteiger partial charge in [0.15, 0.2) is 0 Å². The van der Waals surface area contributed by atoms with Crippen LogP contribution >= 0.6 is 0 Å². The molecule has 0 bridgehead atoms. The summed E-state index contributed by atoms with van der Waals surface area (Å²) in [6, 6.07) is 9.30. The number of anilines is 1. The van der Waals surface area contributed by atoms with Gasteiger partial charge in [-0.25, -0.2) is 0 Å². The molecule has 0 radical (unpaired) electrons. The van der Waals surface area contributed by atoms with Crippen LogP contribution in [-0.2, 0) is 6.42 Å². The molecule has 2 fully saturated rings. The Morgan fingerprint density at radius 3 is 2.50 bits per heavy atom. The van der Waals surface area contributed by atoms with Crippen molar-refractivity contribution >= 4 is 5.69 Å². The van der Waals surface area contributed by atoms with Crippen LogP contribution in [-0.4, -0.2) is 26.2 Å². The molecule has 1 N–H and O–H groups in total. The third-order valence-electron chi connectivity index (χ3n) is 4.33. The summed E-state index contributed by atoms with van der Waals surface area (Å²) in [5.74, 6) is 0.844. The van der Waals surface area contributed by atoms with E-state index < -0.39 is 0 Å². The van der Waals surface area contributed by atoms with Crippen LogP contribution in [0.15, 0.2) is 24.3 Å². The number of hydrogen-bond donors (Lipinski definition) is 1. The Hall–Kier alpha value is -1.02. The molecule has 2 aliphatic heterocycles. The van der Waals surface area contributed by atoms with Gasteiger partial charge in [-0.3, -0.25) is 0 Å². The van der Waals surface area contributed by atoms with Crippen molar-refractivity contribution in [3.63, 3.8) is 0 Å². The minimum Gasteiger partial charge on any atom is -0.372 e. The molecular weight excluding hydrogens is 220 g/mol. The smallest absolute Gasteiger partial charge is 0.0366 e. The van der Waals surface area contributed by atoms with E-state index in [1.807, 2.05) is 0 Å². The molecule has 1 aromatic rings. The number of nitrogens with one attached hydrogen (secondary N) is 1. The molecule has 0 spiro atoms. The van der Waals surface area contributed by atoms with Gasteiger partial charge < -0.3 is 10.2 Å². The van der Waals surface area contributed by atoms with Gasteiger partial charge in [-0.15, -0.1) is 0 Å². The highest BCUT2D eigenvalue weighted by Crippen LogP contribution is 2.22. The lowest BCUT2D eigenvalue weighted by molar-refractivity contribution is 0.376. The van der Waals surface area contributed by atoms with Gasteiger partial charge in [-0.1, -0.05) is 12.1 Å². The number of nitrogens with zero attached hydrogens (tertiary/aromatic N) is 1. The zero-order valence-corrected chi connectivity index (χ0v) is 11.2. The quantitative estimate of drug-likeness (QED) is 0.879. The molecular formula is C16H24N2. The van der Waals surface area contributed by atoms with Crippen LogP contribution in [0.2, 0.25) is 0 Å². The maximum Gasteiger partial charge on any atom is 0.0366 e. The number of piperidine rings is 1. The maximum atomic E-state index is 3.50. The van der Waals surface area contributed by atoms with Gasteiger partial charge in [-0.05, 0) is 68.8 Å². The first kappa shape index (κ1) is 12.0. The van der Waals surface area contributed by atoms with Gasteiger partial charge in [0, 0.05) is 18.8 Å². The first-order valence-corrected chi connectivity index (χ1v) is 7.46. The second-order valence-corrected chi connectivity index (χ2v) is 5.78. The van der Waals surface area contributed by atoms with Crippen LogP contribution in [0.3, 0.4) is 0 Å². The fourth-order valence-corrected chi connectivity index (χ4v) is 3.25. The van der Waals surface area contributed by atoms with E-state index >= 15 is 0 Å². The Labute approximate surface area is 110 Å². The van der Waals surface area contributed by atoms with Crippen LogP contribution in [0, 0.1) is 5.92 Å². The molecule has 2 nitrogen and oxygen atoms in total. The highest BCUT2D eigenvalue weighted by molar-refractivity contribution is 5.48. The fraction of sp³-hybridized carbons (Fsp3) is 0.625. The molecule has 1 atom stereocenters. The highest BCUT2D eigenvalue weighted by Gasteiger charge is 2.14. The number of hydrogen-bond acceptors (Lipinski definition) is 2. The molecule has 18 heavy (non-hydrogen) atoms. The normalized spacial score (nSPS) is 24.4. The van der Waals surface area contributed by atoms with Crippen molar-refractivity contribution < 1.29 is 0 Å². The minimum absolute atomic E-state index is 0.844. The Morgan fingerprint density at radius 1 is 1.06 bits per heavy atom. The first-order chi connectivity index (χ1) is 8.92. The summed E-state index contributed by atoms with van der Waals surface area (Å²) in [4.78, 5) is 2.51. The maximum absolute atomic E-state index is 3.50. The minimum atomic E-state index is 0.844. The summed E-state index contributed by atoms with van der Waals surface area (Å²) in [6.45, 7) is 4.90. The van der Waals surface area contributed by atoms with Crippen molar-refractivity contribution in [3.05, 3.63) is 29.8 Å². The average molecular weight is 244 g/mol. The van der Waals surface area contributed by atoms with Gasteiger partial charge in [0.1, 0.15) is 0 Å². The molecule has 2 heteroatoms. The van der Waals surface area contributed by atoms with Crippen molar-refractivity contribution in [2.75, 3.05) is 31.1 Å². The van der Waals surface area contributed by atoms with Crippen molar-refractivity contribution in [1.29, 1.82) is 0 Å². The lowest BCUT2D eigenvalue weighted by atomic mass is 9.92. The molecule has 3 rings (SSSR count). The molecule has 1 aromatic carbocycles. The summed E-state index contributed by atoms with van der Waals surface area (Å²) in [7, 11) is 0. The molecule has 0 aliphatic carbocycles. The van der Waals surface area contributed by atoms with E-state index in [9.17, 15) is 0 Å². The van der Waals surface area contributed by atoms with E-state index in [2.05, 4.69) is 34.5 Å². The number of rotatable bonds is 3. The average Bonchev–Trinajstić information content (AvgIpc) is 2.95. The van der Waals surface area contributed by atoms with Crippen LogP contribution in [0.5, 0.6) is 0 Å². The molecule has 1 unspecified atom stereocenters. The van der Waals surface area contributed by atoms with Crippen molar-refractivity contribution in [1.82, 2.24) is 5.32 Å². The van der Waals surface area contributed by atoms with Gasteiger partial charge in [0.05, 0.1) is 0 Å². The molecule has 98 valence electrons. The Kier molecular flexibility index (Phi) is 3.84. The Morgan fingerprint density at radius 2 is 1.83 bits per heavy atom. The standard InChI is InChI=1S/C16H24N2/c1-2-11-18(10-1)16-7-5-14(6-8-16)12-15-4-3-9-17-13-15/h5-8,15,17H,1-4,9-13H2. The molecule has 0 amide bonds. The first-order valence-electron chi connectivity index (χ1n) is 7.46. The SMILES string of the molecule is c1cc(N2CCCC2)ccc1CC1CCCNC1. The molecule has 2 heterocycles. The van der Waals surface area contributed by atoms with E-state index in [0.717, 1.165) is 5.92 Å². The van der Waals surface area contributed by atoms with Crippen molar-refractivity contribution in [2.45, 2.75) is 32.1 Å². The van der Waals surface area contributed by atoms with Crippen LogP contribution in [0.25, 0.3) is 0 Å². The molecule has 2 aliphatic rings. The van der Waals surface area contributed by atoms with E-state index in [1.165, 1.54) is 69.5 Å². The third-order valence-corrected chi connectivity index (χ3v) is 4.33. The zero-order chi connectivity index (χ0) is 12.2. The van der Waals surface area contributed by atoms with Crippen LogP contribution in [0.4, 0.5) is 5.69 Å². The van der Waals surface area contributed by atoms with E-state index in [-0.39, 0.29) is 0 Å². The summed E-state index contributed by atoms with van der Waals surface area (Å²) in [5, 5.41) is 3.50. The zero-order valence-electron chi connectivity index (χ0n) is 11.2. The lowest BCUT2D eigenvalue weighted by Crippen LogP contribution is -2.30. The van der Waals surface area contributed by atoms with Gasteiger partial charge >= 0.3 is 0 Å². The highest BCUT2D eigenvalue weighted by atomic mass is 15.1. The van der Waals surface area contributed by atoms with Crippen LogP contribution < -0.4 is 10.2 Å². The lowest BCUT2D eigenvalue weighted by Gasteiger charge is -2.23. The third kappa shape index (κ3) is 2.86. The summed E-state index contributed by atoms with van der Waals surface area (Å²) < 4.78 is 0.